The summed E-state index contributed by atoms with van der Waals surface area (Å²) < 4.78 is 14.0. The van der Waals surface area contributed by atoms with Crippen molar-refractivity contribution in [1.29, 1.82) is 0 Å². The molecule has 0 spiro atoms. The highest BCUT2D eigenvalue weighted by Crippen LogP contribution is 2.51. The summed E-state index contributed by atoms with van der Waals surface area (Å²) >= 11 is 0. The van der Waals surface area contributed by atoms with E-state index in [1.54, 1.807) is 0 Å². The maximum atomic E-state index is 12.7. The highest BCUT2D eigenvalue weighted by Gasteiger charge is 2.56. The number of carbonyl (C=O) groups is 1. The Balaban J connectivity index is 1.90. The van der Waals surface area contributed by atoms with Crippen molar-refractivity contribution in [2.24, 2.45) is 29.6 Å². The lowest BCUT2D eigenvalue weighted by molar-refractivity contribution is -0.151. The molecule has 0 aromatic heterocycles. The third kappa shape index (κ3) is 6.59. The lowest BCUT2D eigenvalue weighted by atomic mass is 9.53. The molecule has 3 rings (SSSR count). The average Bonchev–Trinajstić information content (AvgIpc) is 2.76. The van der Waals surface area contributed by atoms with Crippen LogP contribution in [-0.2, 0) is 13.6 Å². The molecule has 6 atom stereocenters. The van der Waals surface area contributed by atoms with E-state index in [2.05, 4.69) is 86.5 Å². The molecule has 0 aliphatic heterocycles. The first-order chi connectivity index (χ1) is 16.4. The van der Waals surface area contributed by atoms with Gasteiger partial charge in [-0.3, -0.25) is 4.79 Å². The van der Waals surface area contributed by atoms with E-state index in [9.17, 15) is 4.79 Å². The van der Waals surface area contributed by atoms with Crippen LogP contribution in [0.3, 0.4) is 0 Å². The quantitative estimate of drug-likeness (QED) is 0.254. The number of rotatable bonds is 6. The third-order valence-corrected chi connectivity index (χ3v) is 19.6. The van der Waals surface area contributed by atoms with Crippen molar-refractivity contribution >= 4 is 22.4 Å². The van der Waals surface area contributed by atoms with Crippen LogP contribution >= 0.6 is 0 Å². The number of hydrogen-bond acceptors (Lipinski definition) is 3. The first-order valence-corrected chi connectivity index (χ1v) is 20.7. The molecule has 0 heterocycles. The van der Waals surface area contributed by atoms with Gasteiger partial charge >= 0.3 is 0 Å². The van der Waals surface area contributed by atoms with E-state index >= 15 is 0 Å². The summed E-state index contributed by atoms with van der Waals surface area (Å²) in [4.78, 5) is 12.7. The van der Waals surface area contributed by atoms with E-state index < -0.39 is 16.6 Å². The van der Waals surface area contributed by atoms with Crippen LogP contribution in [-0.4, -0.2) is 34.6 Å². The minimum Gasteiger partial charge on any atom is -0.413 e. The number of ketones is 1. The van der Waals surface area contributed by atoms with Gasteiger partial charge in [0.1, 0.15) is 11.9 Å². The van der Waals surface area contributed by atoms with E-state index in [1.807, 2.05) is 0 Å². The molecule has 3 nitrogen and oxygen atoms in total. The van der Waals surface area contributed by atoms with Crippen molar-refractivity contribution in [3.05, 3.63) is 0 Å². The van der Waals surface area contributed by atoms with E-state index in [1.165, 1.54) is 32.1 Å². The van der Waals surface area contributed by atoms with Crippen LogP contribution in [0, 0.1) is 41.4 Å². The Morgan fingerprint density at radius 1 is 0.889 bits per heavy atom. The fourth-order valence-electron chi connectivity index (χ4n) is 6.07. The van der Waals surface area contributed by atoms with E-state index in [-0.39, 0.29) is 40.0 Å². The fraction of sp³-hybridized carbons (Fsp3) is 0.903. The number of carbonyl (C=O) groups excluding carboxylic acids is 1. The molecule has 3 saturated carbocycles. The topological polar surface area (TPSA) is 35.5 Å². The highest BCUT2D eigenvalue weighted by atomic mass is 28.4. The molecule has 0 radical (unpaired) electrons. The van der Waals surface area contributed by atoms with E-state index in [0.717, 1.165) is 25.2 Å². The molecule has 0 aromatic carbocycles. The predicted molar refractivity (Wildman–Crippen MR) is 157 cm³/mol. The molecule has 36 heavy (non-hydrogen) atoms. The van der Waals surface area contributed by atoms with Gasteiger partial charge in [0.25, 0.3) is 0 Å². The average molecular weight is 533 g/mol. The van der Waals surface area contributed by atoms with Crippen molar-refractivity contribution in [2.75, 3.05) is 0 Å². The Morgan fingerprint density at radius 3 is 2.03 bits per heavy atom. The van der Waals surface area contributed by atoms with Crippen molar-refractivity contribution in [3.8, 4) is 11.8 Å². The summed E-state index contributed by atoms with van der Waals surface area (Å²) in [6.07, 6.45) is 9.82. The molecule has 0 bridgehead atoms. The molecule has 1 unspecified atom stereocenters. The molecule has 0 saturated heterocycles. The van der Waals surface area contributed by atoms with Gasteiger partial charge in [-0.15, -0.1) is 0 Å². The Labute approximate surface area is 225 Å². The number of Topliss-reactive ketones (excluding diaryl/α,β-unsaturated/α-hetero) is 1. The molecule has 0 N–H and O–H groups in total. The van der Waals surface area contributed by atoms with Gasteiger partial charge in [-0.2, -0.15) is 0 Å². The van der Waals surface area contributed by atoms with Gasteiger partial charge in [0.05, 0.1) is 6.10 Å². The van der Waals surface area contributed by atoms with Crippen LogP contribution < -0.4 is 0 Å². The Hall–Kier alpha value is -0.416. The zero-order valence-corrected chi connectivity index (χ0v) is 27.4. The van der Waals surface area contributed by atoms with Crippen LogP contribution in [0.1, 0.15) is 99.8 Å². The first kappa shape index (κ1) is 30.1. The number of hydrogen-bond donors (Lipinski definition) is 0. The number of fused-ring (bicyclic) bond motifs is 1. The second-order valence-corrected chi connectivity index (χ2v) is 24.8. The summed E-state index contributed by atoms with van der Waals surface area (Å²) in [6.45, 7) is 25.4. The van der Waals surface area contributed by atoms with Crippen molar-refractivity contribution in [3.63, 3.8) is 0 Å². The summed E-state index contributed by atoms with van der Waals surface area (Å²) in [5.41, 5.74) is 0. The Kier molecular flexibility index (Phi) is 9.20. The minimum atomic E-state index is -1.94. The molecule has 3 aliphatic carbocycles. The van der Waals surface area contributed by atoms with Crippen LogP contribution in [0.15, 0.2) is 0 Å². The first-order valence-electron chi connectivity index (χ1n) is 14.8. The van der Waals surface area contributed by atoms with Gasteiger partial charge in [-0.05, 0) is 67.4 Å². The SMILES string of the molecule is CC1C(=O)[C@H]2CC[C@@H](O[Si](C)(C)C(C)(C)C)[C@H](C#C[C@H](CC3CCCCC3)O[Si](C)(C)C(C)(C)C)[C@@H]12. The van der Waals surface area contributed by atoms with E-state index in [0.29, 0.717) is 11.7 Å². The van der Waals surface area contributed by atoms with Crippen LogP contribution in [0.4, 0.5) is 0 Å². The summed E-state index contributed by atoms with van der Waals surface area (Å²) in [7, 11) is -3.87. The van der Waals surface area contributed by atoms with Gasteiger partial charge in [0.2, 0.25) is 0 Å². The zero-order chi connectivity index (χ0) is 27.1. The van der Waals surface area contributed by atoms with Gasteiger partial charge in [0.15, 0.2) is 16.6 Å². The molecule has 0 amide bonds. The second kappa shape index (κ2) is 11.0. The monoisotopic (exact) mass is 532 g/mol. The molecule has 5 heteroatoms. The molecule has 0 aromatic rings. The lowest BCUT2D eigenvalue weighted by Gasteiger charge is -2.52. The lowest BCUT2D eigenvalue weighted by Crippen LogP contribution is -2.57. The van der Waals surface area contributed by atoms with Crippen LogP contribution in [0.5, 0.6) is 0 Å². The Morgan fingerprint density at radius 2 is 1.47 bits per heavy atom. The predicted octanol–water partition coefficient (Wildman–Crippen LogP) is 8.60. The van der Waals surface area contributed by atoms with E-state index in [4.69, 9.17) is 8.85 Å². The van der Waals surface area contributed by atoms with Crippen LogP contribution in [0.2, 0.25) is 36.3 Å². The fourth-order valence-corrected chi connectivity index (χ4v) is 8.67. The molecule has 206 valence electrons. The minimum absolute atomic E-state index is 0.00558. The van der Waals surface area contributed by atoms with Crippen molar-refractivity contribution in [2.45, 2.75) is 148 Å². The standard InChI is InChI=1S/C31H56O3Si2/c1-22-28-25(27(20-19-26(28)29(22)32)34-36(10,11)31(5,6)7)18-17-24(21-23-15-13-12-14-16-23)33-35(8,9)30(2,3)4/h22-28H,12-16,19-21H2,1-11H3/t22?,24-,25+,26+,27-,28-/m1/s1. The van der Waals surface area contributed by atoms with Gasteiger partial charge in [0, 0.05) is 17.8 Å². The second-order valence-electron chi connectivity index (χ2n) is 15.3. The molecule has 3 fully saturated rings. The summed E-state index contributed by atoms with van der Waals surface area (Å²) in [5.74, 6) is 9.48. The van der Waals surface area contributed by atoms with Crippen molar-refractivity contribution < 1.29 is 13.6 Å². The maximum Gasteiger partial charge on any atom is 0.193 e. The Bertz CT molecular complexity index is 833. The van der Waals surface area contributed by atoms with Gasteiger partial charge in [-0.1, -0.05) is 92.4 Å². The largest absolute Gasteiger partial charge is 0.413 e. The van der Waals surface area contributed by atoms with Gasteiger partial charge < -0.3 is 8.85 Å². The van der Waals surface area contributed by atoms with Crippen LogP contribution in [0.25, 0.3) is 0 Å². The highest BCUT2D eigenvalue weighted by molar-refractivity contribution is 6.74. The summed E-state index contributed by atoms with van der Waals surface area (Å²) in [6, 6.07) is 0. The summed E-state index contributed by atoms with van der Waals surface area (Å²) in [5, 5.41) is 0.330. The molecular formula is C31H56O3Si2. The molecular weight excluding hydrogens is 477 g/mol. The van der Waals surface area contributed by atoms with Gasteiger partial charge in [-0.25, -0.2) is 0 Å². The maximum absolute atomic E-state index is 12.7. The normalized spacial score (nSPS) is 31.2. The molecule has 3 aliphatic rings. The smallest absolute Gasteiger partial charge is 0.193 e. The zero-order valence-electron chi connectivity index (χ0n) is 25.4. The third-order valence-electron chi connectivity index (χ3n) is 10.6. The van der Waals surface area contributed by atoms with Crippen molar-refractivity contribution in [1.82, 2.24) is 0 Å².